The predicted octanol–water partition coefficient (Wildman–Crippen LogP) is 3.02. The summed E-state index contributed by atoms with van der Waals surface area (Å²) in [7, 11) is 3.35. The van der Waals surface area contributed by atoms with E-state index in [2.05, 4.69) is 0 Å². The van der Waals surface area contributed by atoms with Gasteiger partial charge >= 0.3 is 6.09 Å². The van der Waals surface area contributed by atoms with Crippen molar-refractivity contribution in [1.29, 1.82) is 0 Å². The molecule has 6 heteroatoms. The summed E-state index contributed by atoms with van der Waals surface area (Å²) in [6.07, 6.45) is 1.72. The first-order chi connectivity index (χ1) is 11.9. The first-order valence-electron chi connectivity index (χ1n) is 8.75. The summed E-state index contributed by atoms with van der Waals surface area (Å²) in [6, 6.07) is 8.84. The molecular weight excluding hydrogens is 320 g/mol. The summed E-state index contributed by atoms with van der Waals surface area (Å²) in [5.74, 6) is -0.154. The standard InChI is InChI=1S/C19H28N2O4/c1-14-9-8-12-17(25-14)21(15(2)18(22)20(3)4)19(23)24-13-16-10-6-5-7-11-16/h5-7,10-11,14-15,17H,8-9,12-13H2,1-4H3/t14-,15-,17-/m1/s1. The van der Waals surface area contributed by atoms with E-state index >= 15 is 0 Å². The second kappa shape index (κ2) is 8.85. The molecule has 2 rings (SSSR count). The minimum Gasteiger partial charge on any atom is -0.444 e. The molecule has 0 bridgehead atoms. The summed E-state index contributed by atoms with van der Waals surface area (Å²) >= 11 is 0. The van der Waals surface area contributed by atoms with Gasteiger partial charge in [-0.15, -0.1) is 0 Å². The molecule has 0 aromatic heterocycles. The number of carbonyl (C=O) groups is 2. The van der Waals surface area contributed by atoms with Crippen LogP contribution in [-0.4, -0.2) is 54.3 Å². The Morgan fingerprint density at radius 3 is 2.52 bits per heavy atom. The quantitative estimate of drug-likeness (QED) is 0.821. The zero-order valence-corrected chi connectivity index (χ0v) is 15.5. The number of nitrogens with zero attached hydrogens (tertiary/aromatic N) is 2. The van der Waals surface area contributed by atoms with Gasteiger partial charge in [-0.3, -0.25) is 9.69 Å². The van der Waals surface area contributed by atoms with E-state index in [-0.39, 0.29) is 18.6 Å². The fourth-order valence-corrected chi connectivity index (χ4v) is 3.00. The van der Waals surface area contributed by atoms with Crippen molar-refractivity contribution >= 4 is 12.0 Å². The molecule has 1 saturated heterocycles. The van der Waals surface area contributed by atoms with Gasteiger partial charge in [-0.05, 0) is 38.7 Å². The highest BCUT2D eigenvalue weighted by Crippen LogP contribution is 2.24. The molecule has 0 saturated carbocycles. The molecule has 1 heterocycles. The van der Waals surface area contributed by atoms with Crippen LogP contribution in [0.2, 0.25) is 0 Å². The zero-order chi connectivity index (χ0) is 18.4. The summed E-state index contributed by atoms with van der Waals surface area (Å²) in [5, 5.41) is 0. The Morgan fingerprint density at radius 2 is 1.92 bits per heavy atom. The van der Waals surface area contributed by atoms with Gasteiger partial charge in [0.05, 0.1) is 6.10 Å². The Labute approximate surface area is 149 Å². The Morgan fingerprint density at radius 1 is 1.24 bits per heavy atom. The van der Waals surface area contributed by atoms with Gasteiger partial charge in [-0.2, -0.15) is 0 Å². The lowest BCUT2D eigenvalue weighted by atomic mass is 10.1. The van der Waals surface area contributed by atoms with Gasteiger partial charge in [0, 0.05) is 14.1 Å². The van der Waals surface area contributed by atoms with E-state index in [1.807, 2.05) is 37.3 Å². The molecule has 3 atom stereocenters. The van der Waals surface area contributed by atoms with E-state index in [9.17, 15) is 9.59 Å². The van der Waals surface area contributed by atoms with Gasteiger partial charge in [-0.1, -0.05) is 30.3 Å². The van der Waals surface area contributed by atoms with Crippen molar-refractivity contribution in [1.82, 2.24) is 9.80 Å². The summed E-state index contributed by atoms with van der Waals surface area (Å²) < 4.78 is 11.4. The van der Waals surface area contributed by atoms with Crippen LogP contribution >= 0.6 is 0 Å². The van der Waals surface area contributed by atoms with Gasteiger partial charge in [0.1, 0.15) is 18.9 Å². The van der Waals surface area contributed by atoms with Crippen LogP contribution in [0.3, 0.4) is 0 Å². The monoisotopic (exact) mass is 348 g/mol. The molecule has 0 aliphatic carbocycles. The molecule has 0 unspecified atom stereocenters. The predicted molar refractivity (Wildman–Crippen MR) is 94.8 cm³/mol. The number of hydrogen-bond acceptors (Lipinski definition) is 4. The van der Waals surface area contributed by atoms with Crippen molar-refractivity contribution in [2.75, 3.05) is 14.1 Å². The zero-order valence-electron chi connectivity index (χ0n) is 15.5. The first-order valence-corrected chi connectivity index (χ1v) is 8.75. The summed E-state index contributed by atoms with van der Waals surface area (Å²) in [6.45, 7) is 3.87. The van der Waals surface area contributed by atoms with Crippen molar-refractivity contribution in [3.05, 3.63) is 35.9 Å². The molecule has 138 valence electrons. The van der Waals surface area contributed by atoms with Gasteiger partial charge in [-0.25, -0.2) is 4.79 Å². The molecule has 1 aromatic rings. The molecule has 1 aromatic carbocycles. The number of amides is 2. The third-order valence-electron chi connectivity index (χ3n) is 4.39. The van der Waals surface area contributed by atoms with Crippen molar-refractivity contribution in [3.8, 4) is 0 Å². The Balaban J connectivity index is 2.11. The van der Waals surface area contributed by atoms with E-state index < -0.39 is 18.4 Å². The third-order valence-corrected chi connectivity index (χ3v) is 4.39. The van der Waals surface area contributed by atoms with E-state index in [0.717, 1.165) is 18.4 Å². The Bertz CT molecular complexity index is 576. The van der Waals surface area contributed by atoms with Crippen molar-refractivity contribution < 1.29 is 19.1 Å². The molecule has 2 amide bonds. The first kappa shape index (κ1) is 19.2. The summed E-state index contributed by atoms with van der Waals surface area (Å²) in [5.41, 5.74) is 0.903. The average molecular weight is 348 g/mol. The molecular formula is C19H28N2O4. The van der Waals surface area contributed by atoms with E-state index in [0.29, 0.717) is 6.42 Å². The van der Waals surface area contributed by atoms with E-state index in [1.54, 1.807) is 21.0 Å². The molecule has 0 radical (unpaired) electrons. The number of rotatable bonds is 5. The van der Waals surface area contributed by atoms with Crippen molar-refractivity contribution in [2.24, 2.45) is 0 Å². The smallest absolute Gasteiger partial charge is 0.412 e. The average Bonchev–Trinajstić information content (AvgIpc) is 2.60. The third kappa shape index (κ3) is 5.19. The lowest BCUT2D eigenvalue weighted by Gasteiger charge is -2.39. The maximum absolute atomic E-state index is 12.7. The fraction of sp³-hybridized carbons (Fsp3) is 0.579. The minimum atomic E-state index is -0.645. The van der Waals surface area contributed by atoms with Gasteiger partial charge < -0.3 is 14.4 Å². The van der Waals surface area contributed by atoms with Gasteiger partial charge in [0.15, 0.2) is 0 Å². The minimum absolute atomic E-state index is 0.0600. The SMILES string of the molecule is C[C@@H]1CCC[C@H](N(C(=O)OCc2ccccc2)[C@H](C)C(=O)N(C)C)O1. The van der Waals surface area contributed by atoms with Crippen LogP contribution in [0.5, 0.6) is 0 Å². The normalized spacial score (nSPS) is 21.3. The van der Waals surface area contributed by atoms with Gasteiger partial charge in [0.2, 0.25) is 5.91 Å². The highest BCUT2D eigenvalue weighted by molar-refractivity contribution is 5.85. The lowest BCUT2D eigenvalue weighted by Crippen LogP contribution is -2.54. The molecule has 1 fully saturated rings. The molecule has 0 spiro atoms. The summed E-state index contributed by atoms with van der Waals surface area (Å²) in [4.78, 5) is 28.1. The number of hydrogen-bond donors (Lipinski definition) is 0. The molecule has 1 aliphatic heterocycles. The fourth-order valence-electron chi connectivity index (χ4n) is 3.00. The van der Waals surface area contributed by atoms with Crippen LogP contribution in [-0.2, 0) is 20.9 Å². The van der Waals surface area contributed by atoms with Crippen LogP contribution < -0.4 is 0 Å². The molecule has 1 aliphatic rings. The second-order valence-corrected chi connectivity index (χ2v) is 6.69. The largest absolute Gasteiger partial charge is 0.444 e. The van der Waals surface area contributed by atoms with Crippen LogP contribution in [0.15, 0.2) is 30.3 Å². The Kier molecular flexibility index (Phi) is 6.82. The van der Waals surface area contributed by atoms with Gasteiger partial charge in [0.25, 0.3) is 0 Å². The van der Waals surface area contributed by atoms with Crippen LogP contribution in [0.25, 0.3) is 0 Å². The van der Waals surface area contributed by atoms with Crippen LogP contribution in [0, 0.1) is 0 Å². The van der Waals surface area contributed by atoms with E-state index in [1.165, 1.54) is 9.80 Å². The topological polar surface area (TPSA) is 59.1 Å². The van der Waals surface area contributed by atoms with Crippen LogP contribution in [0.1, 0.15) is 38.7 Å². The second-order valence-electron chi connectivity index (χ2n) is 6.69. The van der Waals surface area contributed by atoms with Crippen molar-refractivity contribution in [3.63, 3.8) is 0 Å². The number of likely N-dealkylation sites (N-methyl/N-ethyl adjacent to an activating group) is 1. The Hall–Kier alpha value is -2.08. The molecule has 6 nitrogen and oxygen atoms in total. The van der Waals surface area contributed by atoms with Crippen molar-refractivity contribution in [2.45, 2.75) is 58.1 Å². The maximum Gasteiger partial charge on any atom is 0.412 e. The number of benzene rings is 1. The highest BCUT2D eigenvalue weighted by atomic mass is 16.6. The maximum atomic E-state index is 12.7. The van der Waals surface area contributed by atoms with Crippen LogP contribution in [0.4, 0.5) is 4.79 Å². The molecule has 0 N–H and O–H groups in total. The number of ether oxygens (including phenoxy) is 2. The number of carbonyl (C=O) groups excluding carboxylic acids is 2. The van der Waals surface area contributed by atoms with E-state index in [4.69, 9.17) is 9.47 Å². The lowest BCUT2D eigenvalue weighted by molar-refractivity contribution is -0.150. The molecule has 25 heavy (non-hydrogen) atoms. The highest BCUT2D eigenvalue weighted by Gasteiger charge is 2.37.